The Morgan fingerprint density at radius 1 is 1.11 bits per heavy atom. The van der Waals surface area contributed by atoms with Crippen molar-refractivity contribution < 1.29 is 8.42 Å². The van der Waals surface area contributed by atoms with Crippen LogP contribution in [0.3, 0.4) is 0 Å². The third kappa shape index (κ3) is 2.91. The van der Waals surface area contributed by atoms with Crippen molar-refractivity contribution in [2.45, 2.75) is 9.79 Å². The zero-order valence-electron chi connectivity index (χ0n) is 9.58. The van der Waals surface area contributed by atoms with Crippen LogP contribution in [0.25, 0.3) is 0 Å². The van der Waals surface area contributed by atoms with Crippen LogP contribution in [0.1, 0.15) is 0 Å². The van der Waals surface area contributed by atoms with Gasteiger partial charge in [-0.15, -0.1) is 0 Å². The number of rotatable bonds is 3. The normalized spacial score (nSPS) is 10.8. The zero-order chi connectivity index (χ0) is 13.9. The topological polar surface area (TPSA) is 46.5 Å². The van der Waals surface area contributed by atoms with Crippen LogP contribution in [0.5, 0.6) is 0 Å². The number of benzene rings is 2. The minimum Gasteiger partial charge on any atom is -0.218 e. The SMILES string of the molecule is O=S(=O)(c1ccccc1)c1ccc(N=C=S)cc1Cl. The van der Waals surface area contributed by atoms with Gasteiger partial charge >= 0.3 is 0 Å². The summed E-state index contributed by atoms with van der Waals surface area (Å²) in [5.74, 6) is 0. The Hall–Kier alpha value is -1.52. The lowest BCUT2D eigenvalue weighted by molar-refractivity contribution is 0.596. The molecular weight excluding hydrogens is 302 g/mol. The number of sulfone groups is 1. The van der Waals surface area contributed by atoms with Gasteiger partial charge < -0.3 is 0 Å². The Bertz CT molecular complexity index is 751. The average Bonchev–Trinajstić information content (AvgIpc) is 2.40. The minimum atomic E-state index is -3.62. The molecule has 6 heteroatoms. The van der Waals surface area contributed by atoms with E-state index in [2.05, 4.69) is 22.4 Å². The van der Waals surface area contributed by atoms with Gasteiger partial charge in [0, 0.05) is 0 Å². The summed E-state index contributed by atoms with van der Waals surface area (Å²) in [5.41, 5.74) is 0.465. The standard InChI is InChI=1S/C13H8ClNO2S2/c14-12-8-10(15-9-18)6-7-13(12)19(16,17)11-4-2-1-3-5-11/h1-8H. The quantitative estimate of drug-likeness (QED) is 0.638. The summed E-state index contributed by atoms with van der Waals surface area (Å²) < 4.78 is 24.7. The predicted molar refractivity (Wildman–Crippen MR) is 78.0 cm³/mol. The summed E-state index contributed by atoms with van der Waals surface area (Å²) in [6.45, 7) is 0. The summed E-state index contributed by atoms with van der Waals surface area (Å²) in [6, 6.07) is 12.5. The lowest BCUT2D eigenvalue weighted by Gasteiger charge is -2.06. The van der Waals surface area contributed by atoms with Crippen molar-refractivity contribution in [2.24, 2.45) is 4.99 Å². The second-order valence-corrected chi connectivity index (χ2v) is 6.14. The largest absolute Gasteiger partial charge is 0.218 e. The highest BCUT2D eigenvalue weighted by atomic mass is 35.5. The van der Waals surface area contributed by atoms with Crippen LogP contribution in [-0.2, 0) is 9.84 Å². The van der Waals surface area contributed by atoms with Gasteiger partial charge in [-0.2, -0.15) is 4.99 Å². The molecule has 0 amide bonds. The van der Waals surface area contributed by atoms with Crippen LogP contribution >= 0.6 is 23.8 Å². The van der Waals surface area contributed by atoms with Gasteiger partial charge in [-0.1, -0.05) is 29.8 Å². The molecule has 19 heavy (non-hydrogen) atoms. The van der Waals surface area contributed by atoms with E-state index in [1.54, 1.807) is 18.2 Å². The molecule has 0 atom stereocenters. The molecule has 0 saturated carbocycles. The molecule has 0 N–H and O–H groups in total. The van der Waals surface area contributed by atoms with Crippen molar-refractivity contribution in [3.05, 3.63) is 53.6 Å². The number of halogens is 1. The predicted octanol–water partition coefficient (Wildman–Crippen LogP) is 3.91. The highest BCUT2D eigenvalue weighted by Crippen LogP contribution is 2.30. The molecule has 0 radical (unpaired) electrons. The van der Waals surface area contributed by atoms with Crippen LogP contribution < -0.4 is 0 Å². The van der Waals surface area contributed by atoms with E-state index in [9.17, 15) is 8.42 Å². The van der Waals surface area contributed by atoms with Crippen LogP contribution in [0.2, 0.25) is 5.02 Å². The molecule has 0 heterocycles. The van der Waals surface area contributed by atoms with Crippen molar-refractivity contribution in [2.75, 3.05) is 0 Å². The van der Waals surface area contributed by atoms with Crippen molar-refractivity contribution >= 4 is 44.5 Å². The molecule has 0 fully saturated rings. The molecule has 2 aromatic rings. The fourth-order valence-corrected chi connectivity index (χ4v) is 3.47. The summed E-state index contributed by atoms with van der Waals surface area (Å²) in [4.78, 5) is 3.99. The summed E-state index contributed by atoms with van der Waals surface area (Å²) in [6.07, 6.45) is 0. The first kappa shape index (κ1) is 13.9. The summed E-state index contributed by atoms with van der Waals surface area (Å²) >= 11 is 10.5. The van der Waals surface area contributed by atoms with Gasteiger partial charge in [0.05, 0.1) is 25.7 Å². The van der Waals surface area contributed by atoms with Crippen molar-refractivity contribution in [1.29, 1.82) is 0 Å². The van der Waals surface area contributed by atoms with Crippen LogP contribution in [0.15, 0.2) is 63.3 Å². The molecule has 0 spiro atoms. The molecule has 2 aromatic carbocycles. The second-order valence-electron chi connectivity index (χ2n) is 3.63. The van der Waals surface area contributed by atoms with Crippen molar-refractivity contribution in [1.82, 2.24) is 0 Å². The zero-order valence-corrected chi connectivity index (χ0v) is 12.0. The molecule has 0 unspecified atom stereocenters. The van der Waals surface area contributed by atoms with E-state index in [1.807, 2.05) is 0 Å². The molecule has 96 valence electrons. The highest BCUT2D eigenvalue weighted by Gasteiger charge is 2.20. The van der Waals surface area contributed by atoms with E-state index in [1.165, 1.54) is 30.3 Å². The van der Waals surface area contributed by atoms with E-state index >= 15 is 0 Å². The Balaban J connectivity index is 2.56. The maximum atomic E-state index is 12.4. The Morgan fingerprint density at radius 2 is 1.79 bits per heavy atom. The van der Waals surface area contributed by atoms with Crippen LogP contribution in [0, 0.1) is 0 Å². The maximum absolute atomic E-state index is 12.4. The Morgan fingerprint density at radius 3 is 2.37 bits per heavy atom. The van der Waals surface area contributed by atoms with Gasteiger partial charge in [-0.05, 0) is 42.5 Å². The van der Waals surface area contributed by atoms with E-state index in [0.717, 1.165) is 0 Å². The Kier molecular flexibility index (Phi) is 4.12. The summed E-state index contributed by atoms with van der Waals surface area (Å²) in [7, 11) is -3.62. The molecule has 0 aromatic heterocycles. The first-order valence-corrected chi connectivity index (χ1v) is 7.50. The fraction of sp³-hybridized carbons (Fsp3) is 0. The number of thiocarbonyl (C=S) groups is 1. The van der Waals surface area contributed by atoms with Gasteiger partial charge in [0.15, 0.2) is 0 Å². The first-order valence-electron chi connectivity index (χ1n) is 5.23. The van der Waals surface area contributed by atoms with E-state index in [0.29, 0.717) is 5.69 Å². The lowest BCUT2D eigenvalue weighted by atomic mass is 10.3. The smallest absolute Gasteiger partial charge is 0.208 e. The van der Waals surface area contributed by atoms with Gasteiger partial charge in [0.25, 0.3) is 0 Å². The molecule has 0 aliphatic carbocycles. The van der Waals surface area contributed by atoms with Gasteiger partial charge in [0.2, 0.25) is 9.84 Å². The number of aliphatic imine (C=N–C) groups is 1. The molecular formula is C13H8ClNO2S2. The molecule has 2 rings (SSSR count). The third-order valence-corrected chi connectivity index (χ3v) is 4.78. The highest BCUT2D eigenvalue weighted by molar-refractivity contribution is 7.91. The number of hydrogen-bond donors (Lipinski definition) is 0. The maximum Gasteiger partial charge on any atom is 0.208 e. The fourth-order valence-electron chi connectivity index (χ4n) is 1.56. The molecule has 0 saturated heterocycles. The monoisotopic (exact) mass is 309 g/mol. The Labute approximate surface area is 121 Å². The van der Waals surface area contributed by atoms with E-state index < -0.39 is 9.84 Å². The van der Waals surface area contributed by atoms with E-state index in [4.69, 9.17) is 11.6 Å². The number of isothiocyanates is 1. The lowest BCUT2D eigenvalue weighted by Crippen LogP contribution is -2.02. The van der Waals surface area contributed by atoms with E-state index in [-0.39, 0.29) is 14.8 Å². The molecule has 0 bridgehead atoms. The molecule has 0 aliphatic rings. The van der Waals surface area contributed by atoms with Crippen LogP contribution in [0.4, 0.5) is 5.69 Å². The minimum absolute atomic E-state index is 0.0451. The van der Waals surface area contributed by atoms with Gasteiger partial charge in [0.1, 0.15) is 0 Å². The number of hydrogen-bond acceptors (Lipinski definition) is 4. The third-order valence-electron chi connectivity index (χ3n) is 2.43. The second kappa shape index (κ2) is 5.63. The number of nitrogens with zero attached hydrogens (tertiary/aromatic N) is 1. The van der Waals surface area contributed by atoms with Crippen LogP contribution in [-0.4, -0.2) is 13.6 Å². The molecule has 3 nitrogen and oxygen atoms in total. The van der Waals surface area contributed by atoms with Crippen molar-refractivity contribution in [3.8, 4) is 0 Å². The van der Waals surface area contributed by atoms with Gasteiger partial charge in [-0.3, -0.25) is 0 Å². The van der Waals surface area contributed by atoms with Gasteiger partial charge in [-0.25, -0.2) is 8.42 Å². The first-order chi connectivity index (χ1) is 9.05. The molecule has 0 aliphatic heterocycles. The average molecular weight is 310 g/mol. The summed E-state index contributed by atoms with van der Waals surface area (Å²) in [5, 5.41) is 2.31. The van der Waals surface area contributed by atoms with Crippen molar-refractivity contribution in [3.63, 3.8) is 0 Å².